The Kier molecular flexibility index (Phi) is 7.26. The molecule has 0 amide bonds. The number of morpholine rings is 1. The van der Waals surface area contributed by atoms with Gasteiger partial charge in [-0.05, 0) is 35.7 Å². The van der Waals surface area contributed by atoms with Crippen molar-refractivity contribution >= 4 is 10.1 Å². The minimum atomic E-state index is -4.03. The van der Waals surface area contributed by atoms with E-state index in [9.17, 15) is 8.42 Å². The third-order valence-corrected chi connectivity index (χ3v) is 8.41. The summed E-state index contributed by atoms with van der Waals surface area (Å²) in [4.78, 5) is 0.127. The van der Waals surface area contributed by atoms with Crippen LogP contribution in [0.4, 0.5) is 0 Å². The number of rotatable bonds is 8. The molecule has 1 heterocycles. The Morgan fingerprint density at radius 1 is 0.784 bits per heavy atom. The zero-order valence-corrected chi connectivity index (χ0v) is 21.7. The van der Waals surface area contributed by atoms with Crippen molar-refractivity contribution in [3.63, 3.8) is 0 Å². The molecule has 5 nitrogen and oxygen atoms in total. The molecule has 4 aromatic rings. The highest BCUT2D eigenvalue weighted by Crippen LogP contribution is 2.50. The van der Waals surface area contributed by atoms with Crippen LogP contribution in [-0.2, 0) is 24.5 Å². The van der Waals surface area contributed by atoms with Gasteiger partial charge in [-0.15, -0.1) is 0 Å². The smallest absolute Gasteiger partial charge is 0.297 e. The lowest BCUT2D eigenvalue weighted by molar-refractivity contribution is -0.119. The molecule has 0 saturated carbocycles. The fraction of sp³-hybridized carbons (Fsp3) is 0.226. The molecule has 1 fully saturated rings. The molecule has 0 aliphatic carbocycles. The van der Waals surface area contributed by atoms with Crippen LogP contribution >= 0.6 is 0 Å². The zero-order chi connectivity index (χ0) is 25.8. The highest BCUT2D eigenvalue weighted by atomic mass is 32.2. The molecule has 1 saturated heterocycles. The van der Waals surface area contributed by atoms with Crippen LogP contribution in [0.15, 0.2) is 120 Å². The first-order valence-electron chi connectivity index (χ1n) is 12.5. The number of aryl methyl sites for hydroxylation is 1. The molecule has 1 aliphatic rings. The van der Waals surface area contributed by atoms with Crippen LogP contribution in [0.3, 0.4) is 0 Å². The number of hydrogen-bond donors (Lipinski definition) is 1. The molecule has 190 valence electrons. The number of hydrogen-bond acceptors (Lipinski definition) is 5. The van der Waals surface area contributed by atoms with E-state index >= 15 is 0 Å². The van der Waals surface area contributed by atoms with Crippen molar-refractivity contribution in [1.82, 2.24) is 5.32 Å². The normalized spacial score (nSPS) is 18.4. The van der Waals surface area contributed by atoms with Gasteiger partial charge in [0, 0.05) is 13.1 Å². The lowest BCUT2D eigenvalue weighted by atomic mass is 9.59. The maximum Gasteiger partial charge on any atom is 0.297 e. The number of nitrogens with one attached hydrogen (secondary N) is 1. The van der Waals surface area contributed by atoms with Crippen molar-refractivity contribution in [3.8, 4) is 0 Å². The molecule has 1 aliphatic heterocycles. The topological polar surface area (TPSA) is 64.6 Å². The first kappa shape index (κ1) is 25.4. The van der Waals surface area contributed by atoms with E-state index in [2.05, 4.69) is 41.7 Å². The molecule has 5 rings (SSSR count). The van der Waals surface area contributed by atoms with Crippen molar-refractivity contribution in [2.75, 3.05) is 26.3 Å². The van der Waals surface area contributed by atoms with Crippen LogP contribution in [-0.4, -0.2) is 40.3 Å². The van der Waals surface area contributed by atoms with E-state index in [0.717, 1.165) is 22.3 Å². The van der Waals surface area contributed by atoms with Gasteiger partial charge in [-0.3, -0.25) is 4.18 Å². The van der Waals surface area contributed by atoms with Crippen LogP contribution in [0.1, 0.15) is 22.3 Å². The van der Waals surface area contributed by atoms with Gasteiger partial charge in [-0.2, -0.15) is 8.42 Å². The van der Waals surface area contributed by atoms with Gasteiger partial charge >= 0.3 is 0 Å². The quantitative estimate of drug-likeness (QED) is 0.263. The fourth-order valence-electron chi connectivity index (χ4n) is 5.40. The largest absolute Gasteiger partial charge is 0.368 e. The molecule has 0 aromatic heterocycles. The van der Waals surface area contributed by atoms with Gasteiger partial charge in [0.15, 0.2) is 0 Å². The summed E-state index contributed by atoms with van der Waals surface area (Å²) in [5.74, 6) is 0. The SMILES string of the molecule is Cc1ccc(S(=O)(=O)OCC2(C(c3ccccc3)(c3ccccc3)c3ccccc3)CNCCO2)cc1. The Morgan fingerprint density at radius 2 is 1.27 bits per heavy atom. The van der Waals surface area contributed by atoms with Crippen LogP contribution in [0, 0.1) is 6.92 Å². The summed E-state index contributed by atoms with van der Waals surface area (Å²) < 4.78 is 39.3. The minimum absolute atomic E-state index is 0.127. The molecular weight excluding hydrogens is 482 g/mol. The third-order valence-electron chi connectivity index (χ3n) is 7.13. The summed E-state index contributed by atoms with van der Waals surface area (Å²) in [6, 6.07) is 37.1. The van der Waals surface area contributed by atoms with Gasteiger partial charge in [0.2, 0.25) is 0 Å². The van der Waals surface area contributed by atoms with Crippen LogP contribution < -0.4 is 5.32 Å². The van der Waals surface area contributed by atoms with Gasteiger partial charge in [0.05, 0.1) is 23.5 Å². The van der Waals surface area contributed by atoms with Gasteiger partial charge in [-0.1, -0.05) is 109 Å². The monoisotopic (exact) mass is 513 g/mol. The average Bonchev–Trinajstić information content (AvgIpc) is 2.95. The van der Waals surface area contributed by atoms with Crippen molar-refractivity contribution in [2.24, 2.45) is 0 Å². The first-order valence-corrected chi connectivity index (χ1v) is 13.9. The van der Waals surface area contributed by atoms with E-state index < -0.39 is 21.1 Å². The maximum absolute atomic E-state index is 13.4. The molecule has 0 spiro atoms. The van der Waals surface area contributed by atoms with E-state index in [1.807, 2.05) is 61.5 Å². The van der Waals surface area contributed by atoms with E-state index in [1.165, 1.54) is 0 Å². The standard InChI is InChI=1S/C31H31NO4S/c1-25-17-19-29(20-18-25)37(33,34)36-24-30(23-32-21-22-35-30)31(26-11-5-2-6-12-26,27-13-7-3-8-14-27)28-15-9-4-10-16-28/h2-20,32H,21-24H2,1H3. The highest BCUT2D eigenvalue weighted by Gasteiger charge is 2.57. The summed E-state index contributed by atoms with van der Waals surface area (Å²) in [6.45, 7) is 3.23. The van der Waals surface area contributed by atoms with Gasteiger partial charge in [-0.25, -0.2) is 0 Å². The van der Waals surface area contributed by atoms with E-state index in [0.29, 0.717) is 19.7 Å². The van der Waals surface area contributed by atoms with Crippen molar-refractivity contribution < 1.29 is 17.3 Å². The molecule has 6 heteroatoms. The summed E-state index contributed by atoms with van der Waals surface area (Å²) >= 11 is 0. The van der Waals surface area contributed by atoms with Crippen molar-refractivity contribution in [1.29, 1.82) is 0 Å². The number of benzene rings is 4. The molecule has 37 heavy (non-hydrogen) atoms. The van der Waals surface area contributed by atoms with Crippen LogP contribution in [0.2, 0.25) is 0 Å². The lowest BCUT2D eigenvalue weighted by Gasteiger charge is -2.53. The Balaban J connectivity index is 1.72. The molecular formula is C31H31NO4S. The predicted octanol–water partition coefficient (Wildman–Crippen LogP) is 5.09. The Labute approximate surface area is 219 Å². The van der Waals surface area contributed by atoms with Crippen molar-refractivity contribution in [2.45, 2.75) is 22.8 Å². The summed E-state index contributed by atoms with van der Waals surface area (Å²) in [7, 11) is -4.03. The summed E-state index contributed by atoms with van der Waals surface area (Å²) in [6.07, 6.45) is 0. The van der Waals surface area contributed by atoms with Crippen LogP contribution in [0.25, 0.3) is 0 Å². The van der Waals surface area contributed by atoms with E-state index in [4.69, 9.17) is 8.92 Å². The van der Waals surface area contributed by atoms with Gasteiger partial charge in [0.25, 0.3) is 10.1 Å². The zero-order valence-electron chi connectivity index (χ0n) is 20.8. The molecule has 1 atom stereocenters. The number of ether oxygens (including phenoxy) is 1. The first-order chi connectivity index (χ1) is 18.0. The fourth-order valence-corrected chi connectivity index (χ4v) is 6.35. The maximum atomic E-state index is 13.4. The van der Waals surface area contributed by atoms with E-state index in [1.54, 1.807) is 24.3 Å². The summed E-state index contributed by atoms with van der Waals surface area (Å²) in [5.41, 5.74) is 2.01. The second-order valence-corrected chi connectivity index (χ2v) is 11.0. The Morgan fingerprint density at radius 3 is 1.70 bits per heavy atom. The predicted molar refractivity (Wildman–Crippen MR) is 145 cm³/mol. The van der Waals surface area contributed by atoms with Crippen molar-refractivity contribution in [3.05, 3.63) is 138 Å². The second-order valence-electron chi connectivity index (χ2n) is 9.40. The minimum Gasteiger partial charge on any atom is -0.368 e. The molecule has 1 unspecified atom stereocenters. The average molecular weight is 514 g/mol. The highest BCUT2D eigenvalue weighted by molar-refractivity contribution is 7.86. The van der Waals surface area contributed by atoms with Crippen LogP contribution in [0.5, 0.6) is 0 Å². The molecule has 0 bridgehead atoms. The Hall–Kier alpha value is -3.29. The molecule has 1 N–H and O–H groups in total. The summed E-state index contributed by atoms with van der Waals surface area (Å²) in [5, 5.41) is 3.47. The van der Waals surface area contributed by atoms with Gasteiger partial charge in [0.1, 0.15) is 5.60 Å². The molecule has 0 radical (unpaired) electrons. The third kappa shape index (κ3) is 4.74. The van der Waals surface area contributed by atoms with Gasteiger partial charge < -0.3 is 10.1 Å². The molecule has 4 aromatic carbocycles. The lowest BCUT2D eigenvalue weighted by Crippen LogP contribution is -2.65. The van der Waals surface area contributed by atoms with E-state index in [-0.39, 0.29) is 11.5 Å². The Bertz CT molecular complexity index is 1300. The second kappa shape index (κ2) is 10.6.